The van der Waals surface area contributed by atoms with Crippen LogP contribution in [0.4, 0.5) is 4.39 Å². The van der Waals surface area contributed by atoms with Crippen LogP contribution in [-0.2, 0) is 5.54 Å². The first-order chi connectivity index (χ1) is 6.50. The van der Waals surface area contributed by atoms with E-state index < -0.39 is 5.54 Å². The zero-order valence-electron chi connectivity index (χ0n) is 8.92. The molecular weight excluding hydrogens is 179 g/mol. The lowest BCUT2D eigenvalue weighted by Crippen LogP contribution is -2.40. The molecule has 0 bridgehead atoms. The Labute approximate surface area is 84.3 Å². The molecule has 1 aromatic heterocycles. The maximum absolute atomic E-state index is 13.4. The van der Waals surface area contributed by atoms with Crippen LogP contribution in [0.2, 0.25) is 0 Å². The van der Waals surface area contributed by atoms with E-state index in [9.17, 15) is 4.39 Å². The second-order valence-corrected chi connectivity index (χ2v) is 3.95. The summed E-state index contributed by atoms with van der Waals surface area (Å²) in [7, 11) is 0. The molecule has 0 spiro atoms. The molecule has 0 saturated carbocycles. The van der Waals surface area contributed by atoms with Crippen molar-refractivity contribution < 1.29 is 4.39 Å². The summed E-state index contributed by atoms with van der Waals surface area (Å²) in [4.78, 5) is 3.71. The van der Waals surface area contributed by atoms with Crippen LogP contribution in [0.1, 0.15) is 32.8 Å². The zero-order chi connectivity index (χ0) is 10.8. The summed E-state index contributed by atoms with van der Waals surface area (Å²) in [6.45, 7) is 5.94. The Hall–Kier alpha value is -0.960. The third-order valence-electron chi connectivity index (χ3n) is 2.99. The fraction of sp³-hybridized carbons (Fsp3) is 0.545. The molecule has 0 radical (unpaired) electrons. The number of hydrogen-bond donors (Lipinski definition) is 1. The van der Waals surface area contributed by atoms with E-state index in [1.54, 1.807) is 12.3 Å². The summed E-state index contributed by atoms with van der Waals surface area (Å²) in [5.74, 6) is -0.0859. The second-order valence-electron chi connectivity index (χ2n) is 3.95. The smallest absolute Gasteiger partial charge is 0.146 e. The average Bonchev–Trinajstić information content (AvgIpc) is 2.17. The molecule has 2 N–H and O–H groups in total. The van der Waals surface area contributed by atoms with Crippen molar-refractivity contribution in [2.45, 2.75) is 32.7 Å². The number of hydrogen-bond acceptors (Lipinski definition) is 2. The summed E-state index contributed by atoms with van der Waals surface area (Å²) in [6, 6.07) is 1.65. The van der Waals surface area contributed by atoms with E-state index in [1.165, 1.54) is 6.20 Å². The molecule has 3 heteroatoms. The van der Waals surface area contributed by atoms with Crippen molar-refractivity contribution in [1.29, 1.82) is 0 Å². The van der Waals surface area contributed by atoms with Gasteiger partial charge in [0.2, 0.25) is 0 Å². The SMILES string of the molecule is CCC(C)C(C)(N)c1ccncc1F. The molecule has 1 heterocycles. The lowest BCUT2D eigenvalue weighted by atomic mass is 9.80. The quantitative estimate of drug-likeness (QED) is 0.806. The third kappa shape index (κ3) is 1.93. The fourth-order valence-electron chi connectivity index (χ4n) is 1.50. The first-order valence-electron chi connectivity index (χ1n) is 4.89. The van der Waals surface area contributed by atoms with Crippen LogP contribution in [0.5, 0.6) is 0 Å². The molecular formula is C11H17FN2. The van der Waals surface area contributed by atoms with Gasteiger partial charge in [0.25, 0.3) is 0 Å². The van der Waals surface area contributed by atoms with E-state index in [2.05, 4.69) is 11.9 Å². The minimum absolute atomic E-state index is 0.236. The first-order valence-corrected chi connectivity index (χ1v) is 4.89. The molecule has 1 aromatic rings. The predicted molar refractivity (Wildman–Crippen MR) is 55.2 cm³/mol. The molecule has 1 rings (SSSR count). The maximum Gasteiger partial charge on any atom is 0.146 e. The minimum atomic E-state index is -0.623. The predicted octanol–water partition coefficient (Wildman–Crippen LogP) is 2.44. The fourth-order valence-corrected chi connectivity index (χ4v) is 1.50. The van der Waals surface area contributed by atoms with Crippen LogP contribution >= 0.6 is 0 Å². The van der Waals surface area contributed by atoms with Gasteiger partial charge in [0.1, 0.15) is 5.82 Å². The molecule has 78 valence electrons. The van der Waals surface area contributed by atoms with Crippen LogP contribution in [0.25, 0.3) is 0 Å². The highest BCUT2D eigenvalue weighted by molar-refractivity contribution is 5.22. The maximum atomic E-state index is 13.4. The van der Waals surface area contributed by atoms with Crippen molar-refractivity contribution in [3.8, 4) is 0 Å². The number of aromatic nitrogens is 1. The summed E-state index contributed by atoms with van der Waals surface area (Å²) in [6.07, 6.45) is 3.71. The second kappa shape index (κ2) is 4.05. The van der Waals surface area contributed by atoms with E-state index in [1.807, 2.05) is 13.8 Å². The standard InChI is InChI=1S/C11H17FN2/c1-4-8(2)11(3,13)9-5-6-14-7-10(9)12/h5-8H,4,13H2,1-3H3. The lowest BCUT2D eigenvalue weighted by Gasteiger charge is -2.31. The summed E-state index contributed by atoms with van der Waals surface area (Å²) >= 11 is 0. The number of nitrogens with zero attached hydrogens (tertiary/aromatic N) is 1. The van der Waals surface area contributed by atoms with E-state index in [0.717, 1.165) is 6.42 Å². The highest BCUT2D eigenvalue weighted by atomic mass is 19.1. The number of pyridine rings is 1. The van der Waals surface area contributed by atoms with Crippen LogP contribution < -0.4 is 5.73 Å². The van der Waals surface area contributed by atoms with Crippen molar-refractivity contribution in [2.75, 3.05) is 0 Å². The van der Waals surface area contributed by atoms with Gasteiger partial charge < -0.3 is 5.73 Å². The molecule has 0 aliphatic rings. The summed E-state index contributed by atoms with van der Waals surface area (Å²) < 4.78 is 13.4. The van der Waals surface area contributed by atoms with E-state index in [4.69, 9.17) is 5.73 Å². The molecule has 0 saturated heterocycles. The van der Waals surface area contributed by atoms with Crippen molar-refractivity contribution in [3.05, 3.63) is 29.8 Å². The number of nitrogens with two attached hydrogens (primary N) is 1. The van der Waals surface area contributed by atoms with Crippen molar-refractivity contribution in [2.24, 2.45) is 11.7 Å². The van der Waals surface area contributed by atoms with Gasteiger partial charge in [0.15, 0.2) is 0 Å². The van der Waals surface area contributed by atoms with Gasteiger partial charge in [-0.1, -0.05) is 20.3 Å². The van der Waals surface area contributed by atoms with Gasteiger partial charge in [0.05, 0.1) is 6.20 Å². The molecule has 0 fully saturated rings. The molecule has 14 heavy (non-hydrogen) atoms. The molecule has 0 aliphatic carbocycles. The Balaban J connectivity index is 3.09. The van der Waals surface area contributed by atoms with E-state index in [-0.39, 0.29) is 11.7 Å². The van der Waals surface area contributed by atoms with Gasteiger partial charge in [-0.05, 0) is 18.9 Å². The van der Waals surface area contributed by atoms with Crippen LogP contribution in [0.3, 0.4) is 0 Å². The topological polar surface area (TPSA) is 38.9 Å². The Bertz CT molecular complexity index is 310. The van der Waals surface area contributed by atoms with Gasteiger partial charge >= 0.3 is 0 Å². The summed E-state index contributed by atoms with van der Waals surface area (Å²) in [5.41, 5.74) is 6.05. The first kappa shape index (κ1) is 11.1. The van der Waals surface area contributed by atoms with Crippen molar-refractivity contribution >= 4 is 0 Å². The minimum Gasteiger partial charge on any atom is -0.321 e. The van der Waals surface area contributed by atoms with Crippen molar-refractivity contribution in [1.82, 2.24) is 4.98 Å². The Morgan fingerprint density at radius 3 is 2.79 bits per heavy atom. The highest BCUT2D eigenvalue weighted by Gasteiger charge is 2.29. The zero-order valence-corrected chi connectivity index (χ0v) is 8.92. The Morgan fingerprint density at radius 2 is 2.29 bits per heavy atom. The van der Waals surface area contributed by atoms with Gasteiger partial charge in [-0.3, -0.25) is 4.98 Å². The van der Waals surface area contributed by atoms with E-state index >= 15 is 0 Å². The monoisotopic (exact) mass is 196 g/mol. The molecule has 0 amide bonds. The molecule has 2 unspecified atom stereocenters. The Kier molecular flexibility index (Phi) is 3.21. The largest absolute Gasteiger partial charge is 0.321 e. The molecule has 0 aromatic carbocycles. The summed E-state index contributed by atoms with van der Waals surface area (Å²) in [5, 5.41) is 0. The molecule has 2 atom stereocenters. The average molecular weight is 196 g/mol. The molecule has 2 nitrogen and oxygen atoms in total. The van der Waals surface area contributed by atoms with Gasteiger partial charge in [-0.15, -0.1) is 0 Å². The van der Waals surface area contributed by atoms with Gasteiger partial charge in [0, 0.05) is 17.3 Å². The van der Waals surface area contributed by atoms with E-state index in [0.29, 0.717) is 5.56 Å². The molecule has 0 aliphatic heterocycles. The normalized spacial score (nSPS) is 17.5. The van der Waals surface area contributed by atoms with Crippen LogP contribution in [0, 0.1) is 11.7 Å². The lowest BCUT2D eigenvalue weighted by molar-refractivity contribution is 0.305. The van der Waals surface area contributed by atoms with Crippen LogP contribution in [-0.4, -0.2) is 4.98 Å². The van der Waals surface area contributed by atoms with Gasteiger partial charge in [-0.2, -0.15) is 0 Å². The Morgan fingerprint density at radius 1 is 1.64 bits per heavy atom. The van der Waals surface area contributed by atoms with Crippen molar-refractivity contribution in [3.63, 3.8) is 0 Å². The van der Waals surface area contributed by atoms with Gasteiger partial charge in [-0.25, -0.2) is 4.39 Å². The number of halogens is 1. The third-order valence-corrected chi connectivity index (χ3v) is 2.99. The highest BCUT2D eigenvalue weighted by Crippen LogP contribution is 2.29. The number of rotatable bonds is 3. The van der Waals surface area contributed by atoms with Crippen LogP contribution in [0.15, 0.2) is 18.5 Å².